The summed E-state index contributed by atoms with van der Waals surface area (Å²) in [7, 11) is 0. The molecule has 2 N–H and O–H groups in total. The van der Waals surface area contributed by atoms with Crippen molar-refractivity contribution in [3.8, 4) is 11.5 Å². The first-order chi connectivity index (χ1) is 13.4. The van der Waals surface area contributed by atoms with Gasteiger partial charge in [-0.2, -0.15) is 0 Å². The van der Waals surface area contributed by atoms with Gasteiger partial charge < -0.3 is 19.8 Å². The number of nitrogens with one attached hydrogen (secondary N) is 2. The predicted octanol–water partition coefficient (Wildman–Crippen LogP) is 4.28. The molecule has 0 radical (unpaired) electrons. The van der Waals surface area contributed by atoms with Gasteiger partial charge in [0, 0.05) is 16.6 Å². The molecule has 0 spiro atoms. The van der Waals surface area contributed by atoms with Crippen molar-refractivity contribution in [3.63, 3.8) is 0 Å². The van der Waals surface area contributed by atoms with Crippen LogP contribution < -0.4 is 14.8 Å². The molecule has 28 heavy (non-hydrogen) atoms. The minimum absolute atomic E-state index is 0.00675. The van der Waals surface area contributed by atoms with Crippen LogP contribution in [0.1, 0.15) is 40.9 Å². The molecule has 3 aromatic rings. The van der Waals surface area contributed by atoms with Crippen LogP contribution in [0.15, 0.2) is 30.3 Å². The highest BCUT2D eigenvalue weighted by molar-refractivity contribution is 5.94. The average Bonchev–Trinajstić information content (AvgIpc) is 3.01. The van der Waals surface area contributed by atoms with Gasteiger partial charge in [0.25, 0.3) is 0 Å². The molecule has 2 heterocycles. The minimum Gasteiger partial charge on any atom is -0.486 e. The van der Waals surface area contributed by atoms with Crippen LogP contribution in [0.3, 0.4) is 0 Å². The van der Waals surface area contributed by atoms with Gasteiger partial charge in [-0.3, -0.25) is 4.79 Å². The van der Waals surface area contributed by atoms with E-state index in [0.717, 1.165) is 33.8 Å². The standard InChI is InChI=1S/C23H26N2O3/c1-13-5-6-14(2)23-22(13)18(16(4)25-23)12-21(26)24-15(3)17-7-8-19-20(11-17)28-10-9-27-19/h5-8,11,15,25H,9-10,12H2,1-4H3,(H,24,26). The first-order valence-corrected chi connectivity index (χ1v) is 9.70. The molecule has 1 unspecified atom stereocenters. The van der Waals surface area contributed by atoms with Crippen LogP contribution in [0.5, 0.6) is 11.5 Å². The molecular formula is C23H26N2O3. The summed E-state index contributed by atoms with van der Waals surface area (Å²) in [6.07, 6.45) is 0.352. The third-order valence-corrected chi connectivity index (χ3v) is 5.47. The van der Waals surface area contributed by atoms with Crippen molar-refractivity contribution in [2.75, 3.05) is 13.2 Å². The van der Waals surface area contributed by atoms with Crippen LogP contribution in [-0.4, -0.2) is 24.1 Å². The van der Waals surface area contributed by atoms with Gasteiger partial charge in [0.15, 0.2) is 11.5 Å². The van der Waals surface area contributed by atoms with Crippen LogP contribution in [-0.2, 0) is 11.2 Å². The maximum atomic E-state index is 12.8. The molecule has 1 aliphatic heterocycles. The second-order valence-electron chi connectivity index (χ2n) is 7.55. The van der Waals surface area contributed by atoms with Gasteiger partial charge in [-0.1, -0.05) is 18.2 Å². The number of fused-ring (bicyclic) bond motifs is 2. The Balaban J connectivity index is 1.53. The molecule has 0 saturated carbocycles. The monoisotopic (exact) mass is 378 g/mol. The zero-order valence-electron chi connectivity index (χ0n) is 16.8. The van der Waals surface area contributed by atoms with Crippen LogP contribution in [0.25, 0.3) is 10.9 Å². The number of aromatic amines is 1. The second kappa shape index (κ2) is 7.23. The SMILES string of the molecule is Cc1[nH]c2c(C)ccc(C)c2c1CC(=O)NC(C)c1ccc2c(c1)OCCO2. The Morgan fingerprint density at radius 2 is 1.79 bits per heavy atom. The number of rotatable bonds is 4. The third-order valence-electron chi connectivity index (χ3n) is 5.47. The summed E-state index contributed by atoms with van der Waals surface area (Å²) >= 11 is 0. The maximum absolute atomic E-state index is 12.8. The molecule has 5 nitrogen and oxygen atoms in total. The number of carbonyl (C=O) groups excluding carboxylic acids is 1. The van der Waals surface area contributed by atoms with Crippen LogP contribution in [0, 0.1) is 20.8 Å². The first kappa shape index (κ1) is 18.4. The molecule has 146 valence electrons. The number of carbonyl (C=O) groups is 1. The smallest absolute Gasteiger partial charge is 0.224 e. The molecule has 5 heteroatoms. The summed E-state index contributed by atoms with van der Waals surface area (Å²) < 4.78 is 11.2. The zero-order chi connectivity index (χ0) is 19.8. The van der Waals surface area contributed by atoms with Crippen molar-refractivity contribution in [2.24, 2.45) is 0 Å². The van der Waals surface area contributed by atoms with Crippen LogP contribution >= 0.6 is 0 Å². The quantitative estimate of drug-likeness (QED) is 0.712. The molecule has 0 saturated heterocycles. The van der Waals surface area contributed by atoms with E-state index in [1.165, 1.54) is 16.5 Å². The number of H-pyrrole nitrogens is 1. The lowest BCUT2D eigenvalue weighted by Gasteiger charge is -2.21. The van der Waals surface area contributed by atoms with Crippen LogP contribution in [0.4, 0.5) is 0 Å². The normalized spacial score (nSPS) is 14.1. The third kappa shape index (κ3) is 3.33. The molecule has 1 aromatic heterocycles. The number of hydrogen-bond donors (Lipinski definition) is 2. The van der Waals surface area contributed by atoms with Gasteiger partial charge in [0.1, 0.15) is 13.2 Å². The van der Waals surface area contributed by atoms with Crippen molar-refractivity contribution in [1.29, 1.82) is 0 Å². The van der Waals surface area contributed by atoms with E-state index >= 15 is 0 Å². The van der Waals surface area contributed by atoms with Crippen molar-refractivity contribution >= 4 is 16.8 Å². The second-order valence-corrected chi connectivity index (χ2v) is 7.55. The molecule has 1 amide bonds. The Bertz CT molecular complexity index is 1050. The van der Waals surface area contributed by atoms with E-state index in [2.05, 4.69) is 36.3 Å². The van der Waals surface area contributed by atoms with Crippen molar-refractivity contribution in [1.82, 2.24) is 10.3 Å². The fourth-order valence-electron chi connectivity index (χ4n) is 3.90. The summed E-state index contributed by atoms with van der Waals surface area (Å²) in [4.78, 5) is 16.2. The largest absolute Gasteiger partial charge is 0.486 e. The molecule has 4 rings (SSSR count). The number of ether oxygens (including phenoxy) is 2. The van der Waals surface area contributed by atoms with Crippen molar-refractivity contribution < 1.29 is 14.3 Å². The Hall–Kier alpha value is -2.95. The van der Waals surface area contributed by atoms with Crippen molar-refractivity contribution in [3.05, 3.63) is 58.3 Å². The summed E-state index contributed by atoms with van der Waals surface area (Å²) in [5, 5.41) is 4.28. The molecule has 0 aliphatic carbocycles. The molecule has 2 aromatic carbocycles. The highest BCUT2D eigenvalue weighted by Gasteiger charge is 2.19. The van der Waals surface area contributed by atoms with E-state index in [1.807, 2.05) is 32.0 Å². The lowest BCUT2D eigenvalue weighted by molar-refractivity contribution is -0.121. The molecule has 1 aliphatic rings. The lowest BCUT2D eigenvalue weighted by atomic mass is 10.0. The minimum atomic E-state index is -0.114. The molecule has 1 atom stereocenters. The average molecular weight is 378 g/mol. The summed E-state index contributed by atoms with van der Waals surface area (Å²) in [6.45, 7) is 9.32. The van der Waals surface area contributed by atoms with Crippen molar-refractivity contribution in [2.45, 2.75) is 40.2 Å². The Morgan fingerprint density at radius 3 is 2.57 bits per heavy atom. The van der Waals surface area contributed by atoms with Crippen LogP contribution in [0.2, 0.25) is 0 Å². The van der Waals surface area contributed by atoms with Gasteiger partial charge in [-0.05, 0) is 62.1 Å². The van der Waals surface area contributed by atoms with E-state index in [9.17, 15) is 4.79 Å². The summed E-state index contributed by atoms with van der Waals surface area (Å²) in [5.41, 5.74) is 6.63. The lowest BCUT2D eigenvalue weighted by Crippen LogP contribution is -2.28. The Morgan fingerprint density at radius 1 is 1.07 bits per heavy atom. The van der Waals surface area contributed by atoms with E-state index in [1.54, 1.807) is 0 Å². The maximum Gasteiger partial charge on any atom is 0.224 e. The highest BCUT2D eigenvalue weighted by Crippen LogP contribution is 2.33. The van der Waals surface area contributed by atoms with E-state index in [0.29, 0.717) is 19.6 Å². The fourth-order valence-corrected chi connectivity index (χ4v) is 3.90. The van der Waals surface area contributed by atoms with Gasteiger partial charge in [-0.25, -0.2) is 0 Å². The summed E-state index contributed by atoms with van der Waals surface area (Å²) in [6, 6.07) is 9.94. The topological polar surface area (TPSA) is 63.4 Å². The highest BCUT2D eigenvalue weighted by atomic mass is 16.6. The Labute approximate surface area is 165 Å². The number of aryl methyl sites for hydroxylation is 3. The number of amides is 1. The molecular weight excluding hydrogens is 352 g/mol. The van der Waals surface area contributed by atoms with E-state index in [4.69, 9.17) is 9.47 Å². The van der Waals surface area contributed by atoms with Gasteiger partial charge in [0.05, 0.1) is 12.5 Å². The van der Waals surface area contributed by atoms with E-state index < -0.39 is 0 Å². The van der Waals surface area contributed by atoms with Gasteiger partial charge in [0.2, 0.25) is 5.91 Å². The van der Waals surface area contributed by atoms with Gasteiger partial charge >= 0.3 is 0 Å². The number of aromatic nitrogens is 1. The molecule has 0 fully saturated rings. The zero-order valence-corrected chi connectivity index (χ0v) is 16.8. The summed E-state index contributed by atoms with van der Waals surface area (Å²) in [5.74, 6) is 1.50. The first-order valence-electron chi connectivity index (χ1n) is 9.70. The fraction of sp³-hybridized carbons (Fsp3) is 0.348. The predicted molar refractivity (Wildman–Crippen MR) is 110 cm³/mol. The van der Waals surface area contributed by atoms with E-state index in [-0.39, 0.29) is 11.9 Å². The van der Waals surface area contributed by atoms with Gasteiger partial charge in [-0.15, -0.1) is 0 Å². The number of hydrogen-bond acceptors (Lipinski definition) is 3. The Kier molecular flexibility index (Phi) is 4.75. The molecule has 0 bridgehead atoms. The number of benzene rings is 2.